The zero-order chi connectivity index (χ0) is 45.6. The fourth-order valence-corrected chi connectivity index (χ4v) is 8.72. The molecule has 0 bridgehead atoms. The number of ether oxygens (including phenoxy) is 2. The molecule has 61 heavy (non-hydrogen) atoms. The molecule has 14 nitrogen and oxygen atoms in total. The lowest BCUT2D eigenvalue weighted by molar-refractivity contribution is -0.148. The summed E-state index contributed by atoms with van der Waals surface area (Å²) in [5.74, 6) is -2.22. The van der Waals surface area contributed by atoms with Gasteiger partial charge in [0.2, 0.25) is 29.5 Å². The molecule has 340 valence electrons. The Balaban J connectivity index is 1.79. The number of nitrogens with zero attached hydrogens (tertiary/aromatic N) is 3. The number of hydrogen-bond acceptors (Lipinski definition) is 9. The number of nitrogen functional groups attached to an aromatic ring is 1. The van der Waals surface area contributed by atoms with E-state index in [4.69, 9.17) is 15.2 Å². The largest absolute Gasteiger partial charge is 0.399 e. The molecule has 3 rings (SSSR count). The minimum atomic E-state index is -0.863. The van der Waals surface area contributed by atoms with Crippen molar-refractivity contribution in [3.63, 3.8) is 0 Å². The lowest BCUT2D eigenvalue weighted by Gasteiger charge is -2.41. The number of likely N-dealkylation sites (N-methyl/N-ethyl adjacent to an activating group) is 2. The summed E-state index contributed by atoms with van der Waals surface area (Å²) in [6.07, 6.45) is 1.04. The molecule has 1 heterocycles. The van der Waals surface area contributed by atoms with E-state index in [9.17, 15) is 24.0 Å². The molecule has 1 aliphatic rings. The molecule has 0 spiro atoms. The number of methoxy groups -OCH3 is 2. The summed E-state index contributed by atoms with van der Waals surface area (Å²) in [5, 5.41) is 9.00. The Kier molecular flexibility index (Phi) is 20.2. The second-order valence-electron chi connectivity index (χ2n) is 17.7. The fraction of sp³-hybridized carbons (Fsp3) is 0.638. The third-order valence-electron chi connectivity index (χ3n) is 12.3. The number of anilines is 1. The van der Waals surface area contributed by atoms with Crippen LogP contribution in [0.5, 0.6) is 0 Å². The van der Waals surface area contributed by atoms with Crippen molar-refractivity contribution in [1.82, 2.24) is 30.7 Å². The standard InChI is InChI=1S/C47H75N7O7/c1-13-31(6)42(53(10)47(59)40(29(2)3)51-46(58)41(30(4)5)52(8)9)38(60-11)27-39(55)54-25-17-20-37(54)43(61-12)32(7)44(56)50-36(26-33-18-15-14-16-19-33)45(57)49-28-34-21-23-35(48)24-22-34/h14-16,18-19,21-24,29-32,36-38,40-43H,13,17,20,25-28,48H2,1-12H3,(H,49,57)(H,50,56)(H,51,58)/t31-,32+,36+,37-,38+,40-,41?,42?,43+/m0/s1. The second-order valence-corrected chi connectivity index (χ2v) is 17.7. The Morgan fingerprint density at radius 1 is 0.820 bits per heavy atom. The molecule has 1 aliphatic heterocycles. The van der Waals surface area contributed by atoms with E-state index in [0.29, 0.717) is 18.7 Å². The first kappa shape index (κ1) is 50.8. The Hall–Kier alpha value is -4.53. The monoisotopic (exact) mass is 850 g/mol. The molecule has 2 unspecified atom stereocenters. The van der Waals surface area contributed by atoms with Crippen LogP contribution in [-0.4, -0.2) is 129 Å². The summed E-state index contributed by atoms with van der Waals surface area (Å²) in [5.41, 5.74) is 8.23. The maximum atomic E-state index is 14.4. The summed E-state index contributed by atoms with van der Waals surface area (Å²) >= 11 is 0. The van der Waals surface area contributed by atoms with Crippen molar-refractivity contribution in [2.75, 3.05) is 47.6 Å². The highest BCUT2D eigenvalue weighted by Gasteiger charge is 2.43. The topological polar surface area (TPSA) is 176 Å². The van der Waals surface area contributed by atoms with E-state index in [2.05, 4.69) is 16.0 Å². The normalized spacial score (nSPS) is 18.1. The lowest BCUT2D eigenvalue weighted by atomic mass is 9.89. The van der Waals surface area contributed by atoms with Crippen LogP contribution in [0.3, 0.4) is 0 Å². The first-order valence-electron chi connectivity index (χ1n) is 21.9. The van der Waals surface area contributed by atoms with Crippen LogP contribution < -0.4 is 21.7 Å². The van der Waals surface area contributed by atoms with Gasteiger partial charge in [-0.15, -0.1) is 0 Å². The zero-order valence-electron chi connectivity index (χ0n) is 38.8. The maximum Gasteiger partial charge on any atom is 0.245 e. The van der Waals surface area contributed by atoms with Gasteiger partial charge in [-0.3, -0.25) is 28.9 Å². The summed E-state index contributed by atoms with van der Waals surface area (Å²) < 4.78 is 12.1. The second kappa shape index (κ2) is 24.2. The number of rotatable bonds is 23. The Bertz CT molecular complexity index is 1700. The predicted molar refractivity (Wildman–Crippen MR) is 240 cm³/mol. The average molecular weight is 850 g/mol. The molecule has 2 aromatic rings. The van der Waals surface area contributed by atoms with Crippen molar-refractivity contribution in [3.05, 3.63) is 65.7 Å². The van der Waals surface area contributed by atoms with Crippen molar-refractivity contribution in [3.8, 4) is 0 Å². The van der Waals surface area contributed by atoms with Crippen LogP contribution in [0.4, 0.5) is 5.69 Å². The van der Waals surface area contributed by atoms with Gasteiger partial charge in [-0.05, 0) is 68.0 Å². The van der Waals surface area contributed by atoms with E-state index in [-0.39, 0.29) is 66.7 Å². The minimum Gasteiger partial charge on any atom is -0.399 e. The van der Waals surface area contributed by atoms with Crippen LogP contribution in [-0.2, 0) is 46.4 Å². The summed E-state index contributed by atoms with van der Waals surface area (Å²) in [7, 11) is 8.53. The van der Waals surface area contributed by atoms with Gasteiger partial charge in [0, 0.05) is 46.5 Å². The van der Waals surface area contributed by atoms with Gasteiger partial charge in [-0.1, -0.05) is 97.4 Å². The summed E-state index contributed by atoms with van der Waals surface area (Å²) in [4.78, 5) is 75.2. The van der Waals surface area contributed by atoms with Gasteiger partial charge in [-0.25, -0.2) is 0 Å². The van der Waals surface area contributed by atoms with Crippen LogP contribution >= 0.6 is 0 Å². The van der Waals surface area contributed by atoms with E-state index in [1.54, 1.807) is 50.1 Å². The highest BCUT2D eigenvalue weighted by atomic mass is 16.5. The van der Waals surface area contributed by atoms with E-state index in [0.717, 1.165) is 24.0 Å². The highest BCUT2D eigenvalue weighted by molar-refractivity contribution is 5.90. The van der Waals surface area contributed by atoms with Crippen molar-refractivity contribution in [2.24, 2.45) is 23.7 Å². The van der Waals surface area contributed by atoms with Gasteiger partial charge in [0.05, 0.1) is 42.7 Å². The Labute approximate surface area is 365 Å². The molecule has 0 saturated carbocycles. The first-order chi connectivity index (χ1) is 28.9. The summed E-state index contributed by atoms with van der Waals surface area (Å²) in [6, 6.07) is 13.8. The molecule has 9 atom stereocenters. The minimum absolute atomic E-state index is 0.00127. The molecule has 1 fully saturated rings. The number of nitrogens with two attached hydrogens (primary N) is 1. The van der Waals surface area contributed by atoms with Crippen molar-refractivity contribution in [1.29, 1.82) is 0 Å². The van der Waals surface area contributed by atoms with Crippen molar-refractivity contribution in [2.45, 2.75) is 130 Å². The summed E-state index contributed by atoms with van der Waals surface area (Å²) in [6.45, 7) is 14.4. The number of carbonyl (C=O) groups is 5. The third kappa shape index (κ3) is 14.0. The van der Waals surface area contributed by atoms with E-state index < -0.39 is 48.3 Å². The molecule has 1 saturated heterocycles. The van der Waals surface area contributed by atoms with Crippen LogP contribution in [0.15, 0.2) is 54.6 Å². The molecule has 14 heteroatoms. The Morgan fingerprint density at radius 3 is 2.00 bits per heavy atom. The number of nitrogens with one attached hydrogen (secondary N) is 3. The SMILES string of the molecule is CC[C@H](C)C([C@@H](CC(=O)N1CCC[C@H]1[C@H](OC)[C@@H](C)C(=O)N[C@H](Cc1ccccc1)C(=O)NCc1ccc(N)cc1)OC)N(C)C(=O)[C@@H](NC(=O)C(C(C)C)N(C)C)C(C)C. The van der Waals surface area contributed by atoms with Gasteiger partial charge >= 0.3 is 0 Å². The van der Waals surface area contributed by atoms with Gasteiger partial charge in [0.25, 0.3) is 0 Å². The van der Waals surface area contributed by atoms with Crippen molar-refractivity contribution >= 4 is 35.2 Å². The molecule has 2 aromatic carbocycles. The molecular weight excluding hydrogens is 775 g/mol. The van der Waals surface area contributed by atoms with Crippen LogP contribution in [0.1, 0.15) is 85.3 Å². The number of carbonyl (C=O) groups excluding carboxylic acids is 5. The maximum absolute atomic E-state index is 14.4. The molecule has 5 N–H and O–H groups in total. The van der Waals surface area contributed by atoms with Gasteiger partial charge < -0.3 is 41.0 Å². The number of likely N-dealkylation sites (tertiary alicyclic amines) is 1. The number of amides is 5. The molecule has 0 aromatic heterocycles. The molecule has 0 aliphatic carbocycles. The van der Waals surface area contributed by atoms with Crippen LogP contribution in [0.25, 0.3) is 0 Å². The average Bonchev–Trinajstić information content (AvgIpc) is 3.71. The highest BCUT2D eigenvalue weighted by Crippen LogP contribution is 2.30. The van der Waals surface area contributed by atoms with E-state index >= 15 is 0 Å². The van der Waals surface area contributed by atoms with Gasteiger partial charge in [-0.2, -0.15) is 0 Å². The van der Waals surface area contributed by atoms with Crippen LogP contribution in [0, 0.1) is 23.7 Å². The quantitative estimate of drug-likeness (QED) is 0.119. The van der Waals surface area contributed by atoms with E-state index in [1.807, 2.05) is 103 Å². The Morgan fingerprint density at radius 2 is 1.46 bits per heavy atom. The zero-order valence-corrected chi connectivity index (χ0v) is 38.8. The number of hydrogen-bond donors (Lipinski definition) is 4. The smallest absolute Gasteiger partial charge is 0.245 e. The van der Waals surface area contributed by atoms with Crippen molar-refractivity contribution < 1.29 is 33.4 Å². The molecular formula is C47H75N7O7. The van der Waals surface area contributed by atoms with E-state index in [1.165, 1.54) is 0 Å². The van der Waals surface area contributed by atoms with Gasteiger partial charge in [0.1, 0.15) is 12.1 Å². The molecule has 0 radical (unpaired) electrons. The number of benzene rings is 2. The fourth-order valence-electron chi connectivity index (χ4n) is 8.72. The first-order valence-corrected chi connectivity index (χ1v) is 21.9. The predicted octanol–water partition coefficient (Wildman–Crippen LogP) is 4.26. The van der Waals surface area contributed by atoms with Gasteiger partial charge in [0.15, 0.2) is 0 Å². The van der Waals surface area contributed by atoms with Crippen LogP contribution in [0.2, 0.25) is 0 Å². The lowest BCUT2D eigenvalue weighted by Crippen LogP contribution is -2.59. The molecule has 5 amide bonds. The third-order valence-corrected chi connectivity index (χ3v) is 12.3.